The molecule has 0 aliphatic heterocycles. The monoisotopic (exact) mass is 302 g/mol. The van der Waals surface area contributed by atoms with Crippen molar-refractivity contribution in [2.75, 3.05) is 5.32 Å². The second kappa shape index (κ2) is 6.37. The molecule has 1 saturated carbocycles. The van der Waals surface area contributed by atoms with Gasteiger partial charge in [-0.15, -0.1) is 11.3 Å². The van der Waals surface area contributed by atoms with E-state index in [0.717, 1.165) is 11.3 Å². The summed E-state index contributed by atoms with van der Waals surface area (Å²) in [6.07, 6.45) is 1.93. The van der Waals surface area contributed by atoms with E-state index < -0.39 is 6.10 Å². The Morgan fingerprint density at radius 1 is 1.43 bits per heavy atom. The van der Waals surface area contributed by atoms with Gasteiger partial charge in [-0.1, -0.05) is 30.3 Å². The van der Waals surface area contributed by atoms with Gasteiger partial charge in [0.2, 0.25) is 0 Å². The summed E-state index contributed by atoms with van der Waals surface area (Å²) in [5.74, 6) is 0.460. The number of nitrogens with zero attached hydrogens (tertiary/aromatic N) is 1. The quantitative estimate of drug-likeness (QED) is 0.887. The molecular formula is C16H18N2O2S. The Morgan fingerprint density at radius 3 is 2.90 bits per heavy atom. The zero-order valence-corrected chi connectivity index (χ0v) is 12.7. The number of amides is 1. The molecule has 4 nitrogen and oxygen atoms in total. The third kappa shape index (κ3) is 3.89. The molecule has 3 rings (SSSR count). The number of hydrogen-bond donors (Lipinski definition) is 1. The highest BCUT2D eigenvalue weighted by atomic mass is 32.1. The standard InChI is InChI=1S/C16H18N2O2S/c1-11(20-9-12-5-3-2-4-6-12)15(19)18-16-17-14(10-21-16)13-7-8-13/h2-6,10-11,13H,7-9H2,1H3,(H,17,18,19)/t11-/m0/s1. The molecule has 21 heavy (non-hydrogen) atoms. The number of carbonyl (C=O) groups is 1. The second-order valence-electron chi connectivity index (χ2n) is 5.28. The SMILES string of the molecule is C[C@H](OCc1ccccc1)C(=O)Nc1nc(C2CC2)cs1. The lowest BCUT2D eigenvalue weighted by atomic mass is 10.2. The highest BCUT2D eigenvalue weighted by Gasteiger charge is 2.26. The highest BCUT2D eigenvalue weighted by Crippen LogP contribution is 2.40. The van der Waals surface area contributed by atoms with Crippen molar-refractivity contribution < 1.29 is 9.53 Å². The Hall–Kier alpha value is -1.72. The maximum absolute atomic E-state index is 12.1. The lowest BCUT2D eigenvalue weighted by Crippen LogP contribution is -2.27. The first-order valence-electron chi connectivity index (χ1n) is 7.14. The minimum atomic E-state index is -0.501. The summed E-state index contributed by atoms with van der Waals surface area (Å²) in [7, 11) is 0. The summed E-state index contributed by atoms with van der Waals surface area (Å²) < 4.78 is 5.59. The fourth-order valence-electron chi connectivity index (χ4n) is 1.99. The van der Waals surface area contributed by atoms with Crippen molar-refractivity contribution in [3.63, 3.8) is 0 Å². The summed E-state index contributed by atoms with van der Waals surface area (Å²) in [6.45, 7) is 2.19. The average molecular weight is 302 g/mol. The van der Waals surface area contributed by atoms with Gasteiger partial charge in [0.05, 0.1) is 12.3 Å². The van der Waals surface area contributed by atoms with E-state index >= 15 is 0 Å². The van der Waals surface area contributed by atoms with E-state index in [9.17, 15) is 4.79 Å². The van der Waals surface area contributed by atoms with Gasteiger partial charge in [-0.3, -0.25) is 10.1 Å². The van der Waals surface area contributed by atoms with Crippen molar-refractivity contribution in [2.45, 2.75) is 38.4 Å². The topological polar surface area (TPSA) is 51.2 Å². The van der Waals surface area contributed by atoms with Gasteiger partial charge in [-0.25, -0.2) is 4.98 Å². The van der Waals surface area contributed by atoms with Crippen LogP contribution >= 0.6 is 11.3 Å². The second-order valence-corrected chi connectivity index (χ2v) is 6.14. The maximum Gasteiger partial charge on any atom is 0.255 e. The van der Waals surface area contributed by atoms with Crippen molar-refractivity contribution in [3.8, 4) is 0 Å². The summed E-state index contributed by atoms with van der Waals surface area (Å²) in [4.78, 5) is 16.5. The van der Waals surface area contributed by atoms with E-state index in [4.69, 9.17) is 4.74 Å². The molecule has 0 bridgehead atoms. The minimum absolute atomic E-state index is 0.150. The number of anilines is 1. The molecule has 5 heteroatoms. The number of ether oxygens (including phenoxy) is 1. The third-order valence-electron chi connectivity index (χ3n) is 3.46. The lowest BCUT2D eigenvalue weighted by molar-refractivity contribution is -0.127. The smallest absolute Gasteiger partial charge is 0.255 e. The molecule has 1 aromatic carbocycles. The first-order chi connectivity index (χ1) is 10.2. The number of carbonyl (C=O) groups excluding carboxylic acids is 1. The van der Waals surface area contributed by atoms with Crippen LogP contribution in [0, 0.1) is 0 Å². The maximum atomic E-state index is 12.1. The van der Waals surface area contributed by atoms with Crippen LogP contribution in [0.1, 0.15) is 36.9 Å². The number of hydrogen-bond acceptors (Lipinski definition) is 4. The first kappa shape index (κ1) is 14.2. The predicted octanol–water partition coefficient (Wildman–Crippen LogP) is 3.56. The summed E-state index contributed by atoms with van der Waals surface area (Å²) >= 11 is 1.48. The van der Waals surface area contributed by atoms with Crippen LogP contribution in [0.2, 0.25) is 0 Å². The van der Waals surface area contributed by atoms with Crippen molar-refractivity contribution in [2.24, 2.45) is 0 Å². The zero-order chi connectivity index (χ0) is 14.7. The molecular weight excluding hydrogens is 284 g/mol. The fourth-order valence-corrected chi connectivity index (χ4v) is 2.78. The van der Waals surface area contributed by atoms with Crippen LogP contribution in [-0.2, 0) is 16.1 Å². The van der Waals surface area contributed by atoms with Crippen molar-refractivity contribution >= 4 is 22.4 Å². The molecule has 0 saturated heterocycles. The van der Waals surface area contributed by atoms with Gasteiger partial charge in [0.1, 0.15) is 6.10 Å². The van der Waals surface area contributed by atoms with Crippen molar-refractivity contribution in [3.05, 3.63) is 47.0 Å². The van der Waals surface area contributed by atoms with Crippen LogP contribution in [0.5, 0.6) is 0 Å². The molecule has 1 aliphatic carbocycles. The molecule has 1 amide bonds. The molecule has 0 radical (unpaired) electrons. The number of thiazole rings is 1. The normalized spacial score (nSPS) is 15.7. The molecule has 1 atom stereocenters. The van der Waals surface area contributed by atoms with E-state index in [1.165, 1.54) is 24.2 Å². The zero-order valence-electron chi connectivity index (χ0n) is 11.9. The van der Waals surface area contributed by atoms with Gasteiger partial charge in [0.15, 0.2) is 5.13 Å². The molecule has 1 aromatic heterocycles. The average Bonchev–Trinajstić information content (AvgIpc) is 3.26. The predicted molar refractivity (Wildman–Crippen MR) is 83.4 cm³/mol. The molecule has 0 spiro atoms. The number of rotatable bonds is 6. The van der Waals surface area contributed by atoms with Gasteiger partial charge in [0.25, 0.3) is 5.91 Å². The van der Waals surface area contributed by atoms with Gasteiger partial charge in [-0.05, 0) is 25.3 Å². The Balaban J connectivity index is 1.49. The molecule has 1 heterocycles. The van der Waals surface area contributed by atoms with Crippen LogP contribution in [0.4, 0.5) is 5.13 Å². The van der Waals surface area contributed by atoms with Crippen molar-refractivity contribution in [1.82, 2.24) is 4.98 Å². The van der Waals surface area contributed by atoms with Crippen LogP contribution < -0.4 is 5.32 Å². The summed E-state index contributed by atoms with van der Waals surface area (Å²) in [5, 5.41) is 5.52. The summed E-state index contributed by atoms with van der Waals surface area (Å²) in [6, 6.07) is 9.83. The number of nitrogens with one attached hydrogen (secondary N) is 1. The minimum Gasteiger partial charge on any atom is -0.364 e. The Labute approximate surface area is 128 Å². The number of aromatic nitrogens is 1. The van der Waals surface area contributed by atoms with Gasteiger partial charge >= 0.3 is 0 Å². The summed E-state index contributed by atoms with van der Waals surface area (Å²) in [5.41, 5.74) is 2.16. The van der Waals surface area contributed by atoms with Crippen LogP contribution in [0.25, 0.3) is 0 Å². The largest absolute Gasteiger partial charge is 0.364 e. The number of benzene rings is 1. The molecule has 1 N–H and O–H groups in total. The third-order valence-corrected chi connectivity index (χ3v) is 4.24. The Kier molecular flexibility index (Phi) is 4.31. The van der Waals surface area contributed by atoms with E-state index in [-0.39, 0.29) is 5.91 Å². The van der Waals surface area contributed by atoms with Gasteiger partial charge in [-0.2, -0.15) is 0 Å². The molecule has 0 unspecified atom stereocenters. The van der Waals surface area contributed by atoms with E-state index in [0.29, 0.717) is 17.7 Å². The van der Waals surface area contributed by atoms with Crippen LogP contribution in [0.3, 0.4) is 0 Å². The Morgan fingerprint density at radius 2 is 2.19 bits per heavy atom. The first-order valence-corrected chi connectivity index (χ1v) is 8.02. The van der Waals surface area contributed by atoms with Crippen molar-refractivity contribution in [1.29, 1.82) is 0 Å². The van der Waals surface area contributed by atoms with E-state index in [1.54, 1.807) is 6.92 Å². The van der Waals surface area contributed by atoms with Gasteiger partial charge in [0, 0.05) is 11.3 Å². The van der Waals surface area contributed by atoms with E-state index in [1.807, 2.05) is 35.7 Å². The Bertz CT molecular complexity index is 608. The van der Waals surface area contributed by atoms with Gasteiger partial charge < -0.3 is 4.74 Å². The molecule has 110 valence electrons. The highest BCUT2D eigenvalue weighted by molar-refractivity contribution is 7.13. The van der Waals surface area contributed by atoms with E-state index in [2.05, 4.69) is 10.3 Å². The fraction of sp³-hybridized carbons (Fsp3) is 0.375. The molecule has 2 aromatic rings. The van der Waals surface area contributed by atoms with Crippen LogP contribution in [-0.4, -0.2) is 17.0 Å². The molecule has 1 fully saturated rings. The lowest BCUT2D eigenvalue weighted by Gasteiger charge is -2.12. The molecule has 1 aliphatic rings. The van der Waals surface area contributed by atoms with Crippen LogP contribution in [0.15, 0.2) is 35.7 Å².